The fourth-order valence-corrected chi connectivity index (χ4v) is 1.65. The predicted molar refractivity (Wildman–Crippen MR) is 61.3 cm³/mol. The van der Waals surface area contributed by atoms with E-state index in [4.69, 9.17) is 5.26 Å². The summed E-state index contributed by atoms with van der Waals surface area (Å²) in [5, 5.41) is 9.00. The van der Waals surface area contributed by atoms with Crippen molar-refractivity contribution in [2.75, 3.05) is 0 Å². The van der Waals surface area contributed by atoms with Gasteiger partial charge in [0.2, 0.25) is 0 Å². The molecule has 2 aromatic carbocycles. The Balaban J connectivity index is 2.64. The topological polar surface area (TPSA) is 23.8 Å². The predicted octanol–water partition coefficient (Wildman–Crippen LogP) is 3.67. The van der Waals surface area contributed by atoms with E-state index >= 15 is 0 Å². The zero-order valence-electron chi connectivity index (χ0n) is 8.87. The van der Waals surface area contributed by atoms with Crippen molar-refractivity contribution in [1.82, 2.24) is 0 Å². The lowest BCUT2D eigenvalue weighted by Crippen LogP contribution is -1.86. The largest absolute Gasteiger partial charge is 0.207 e. The van der Waals surface area contributed by atoms with Gasteiger partial charge in [-0.2, -0.15) is 5.26 Å². The van der Waals surface area contributed by atoms with Crippen molar-refractivity contribution < 1.29 is 4.39 Å². The molecule has 0 aromatic heterocycles. The van der Waals surface area contributed by atoms with Gasteiger partial charge in [-0.05, 0) is 36.2 Å². The van der Waals surface area contributed by atoms with Gasteiger partial charge in [0.15, 0.2) is 0 Å². The highest BCUT2D eigenvalue weighted by Crippen LogP contribution is 2.24. The quantitative estimate of drug-likeness (QED) is 0.706. The maximum Gasteiger partial charge on any atom is 0.123 e. The summed E-state index contributed by atoms with van der Waals surface area (Å²) in [5.41, 5.74) is 3.14. The van der Waals surface area contributed by atoms with Crippen molar-refractivity contribution in [3.05, 3.63) is 59.4 Å². The van der Waals surface area contributed by atoms with Gasteiger partial charge in [0, 0.05) is 0 Å². The van der Waals surface area contributed by atoms with Crippen LogP contribution < -0.4 is 0 Å². The first-order chi connectivity index (χ1) is 7.70. The number of hydrogen-bond donors (Lipinski definition) is 0. The van der Waals surface area contributed by atoms with Gasteiger partial charge in [-0.3, -0.25) is 0 Å². The second kappa shape index (κ2) is 4.16. The van der Waals surface area contributed by atoms with Crippen molar-refractivity contribution in [2.45, 2.75) is 6.92 Å². The van der Waals surface area contributed by atoms with Crippen LogP contribution in [0.3, 0.4) is 0 Å². The summed E-state index contributed by atoms with van der Waals surface area (Å²) in [6, 6.07) is 13.9. The van der Waals surface area contributed by atoms with E-state index in [1.54, 1.807) is 18.2 Å². The van der Waals surface area contributed by atoms with Gasteiger partial charge in [-0.15, -0.1) is 0 Å². The molecule has 78 valence electrons. The van der Waals surface area contributed by atoms with Crippen LogP contribution in [0, 0.1) is 24.1 Å². The molecular weight excluding hydrogens is 201 g/mol. The highest BCUT2D eigenvalue weighted by molar-refractivity contribution is 5.71. The Morgan fingerprint density at radius 1 is 1.12 bits per heavy atom. The second-order valence-electron chi connectivity index (χ2n) is 3.67. The van der Waals surface area contributed by atoms with E-state index in [-0.39, 0.29) is 5.82 Å². The summed E-state index contributed by atoms with van der Waals surface area (Å²) in [6.07, 6.45) is 0. The lowest BCUT2D eigenvalue weighted by atomic mass is 9.98. The molecule has 16 heavy (non-hydrogen) atoms. The molecule has 2 heteroatoms. The van der Waals surface area contributed by atoms with Crippen LogP contribution in [0.4, 0.5) is 4.39 Å². The van der Waals surface area contributed by atoms with Gasteiger partial charge >= 0.3 is 0 Å². The van der Waals surface area contributed by atoms with Crippen LogP contribution in [0.15, 0.2) is 42.5 Å². The number of hydrogen-bond acceptors (Lipinski definition) is 1. The number of aryl methyl sites for hydroxylation is 1. The van der Waals surface area contributed by atoms with Crippen LogP contribution in [0.25, 0.3) is 11.1 Å². The zero-order chi connectivity index (χ0) is 11.5. The summed E-state index contributed by atoms with van der Waals surface area (Å²) in [7, 11) is 0. The van der Waals surface area contributed by atoms with Crippen LogP contribution in [0.5, 0.6) is 0 Å². The van der Waals surface area contributed by atoms with Gasteiger partial charge in [0.05, 0.1) is 11.6 Å². The summed E-state index contributed by atoms with van der Waals surface area (Å²) in [6.45, 7) is 1.95. The molecule has 1 nitrogen and oxygen atoms in total. The number of halogens is 1. The molecule has 0 aliphatic carbocycles. The van der Waals surface area contributed by atoms with E-state index in [0.717, 1.165) is 16.7 Å². The third kappa shape index (κ3) is 1.94. The molecule has 0 atom stereocenters. The molecule has 2 rings (SSSR count). The molecule has 0 radical (unpaired) electrons. The first-order valence-electron chi connectivity index (χ1n) is 4.97. The summed E-state index contributed by atoms with van der Waals surface area (Å²) >= 11 is 0. The average molecular weight is 211 g/mol. The van der Waals surface area contributed by atoms with Crippen molar-refractivity contribution in [2.24, 2.45) is 0 Å². The molecule has 0 spiro atoms. The maximum absolute atomic E-state index is 13.1. The summed E-state index contributed by atoms with van der Waals surface area (Å²) in [5.74, 6) is -0.289. The average Bonchev–Trinajstić information content (AvgIpc) is 2.29. The van der Waals surface area contributed by atoms with Crippen LogP contribution in [0.2, 0.25) is 0 Å². The minimum absolute atomic E-state index is 0.289. The standard InChI is InChI=1S/C14H10FN/c1-10-5-6-12(9-16)14(7-10)11-3-2-4-13(15)8-11/h2-8H,1H3. The monoisotopic (exact) mass is 211 g/mol. The Labute approximate surface area is 93.8 Å². The van der Waals surface area contributed by atoms with Crippen molar-refractivity contribution in [3.8, 4) is 17.2 Å². The van der Waals surface area contributed by atoms with Crippen molar-refractivity contribution in [3.63, 3.8) is 0 Å². The molecule has 0 heterocycles. The van der Waals surface area contributed by atoms with Crippen LogP contribution in [-0.2, 0) is 0 Å². The lowest BCUT2D eigenvalue weighted by molar-refractivity contribution is 0.628. The first kappa shape index (κ1) is 10.4. The Morgan fingerprint density at radius 3 is 2.62 bits per heavy atom. The van der Waals surface area contributed by atoms with Gasteiger partial charge < -0.3 is 0 Å². The SMILES string of the molecule is Cc1ccc(C#N)c(-c2cccc(F)c2)c1. The van der Waals surface area contributed by atoms with Crippen LogP contribution >= 0.6 is 0 Å². The Hall–Kier alpha value is -2.14. The first-order valence-corrected chi connectivity index (χ1v) is 4.97. The van der Waals surface area contributed by atoms with Gasteiger partial charge in [-0.1, -0.05) is 29.8 Å². The van der Waals surface area contributed by atoms with E-state index in [9.17, 15) is 4.39 Å². The highest BCUT2D eigenvalue weighted by atomic mass is 19.1. The van der Waals surface area contributed by atoms with Crippen LogP contribution in [0.1, 0.15) is 11.1 Å². The molecule has 0 amide bonds. The Bertz CT molecular complexity index is 567. The molecule has 2 aromatic rings. The van der Waals surface area contributed by atoms with Crippen molar-refractivity contribution in [1.29, 1.82) is 5.26 Å². The Morgan fingerprint density at radius 2 is 1.94 bits per heavy atom. The normalized spacial score (nSPS) is 9.81. The number of benzene rings is 2. The van der Waals surface area contributed by atoms with E-state index < -0.39 is 0 Å². The van der Waals surface area contributed by atoms with Gasteiger partial charge in [0.25, 0.3) is 0 Å². The Kier molecular flexibility index (Phi) is 2.70. The van der Waals surface area contributed by atoms with Gasteiger partial charge in [-0.25, -0.2) is 4.39 Å². The number of nitriles is 1. The fourth-order valence-electron chi connectivity index (χ4n) is 1.65. The zero-order valence-corrected chi connectivity index (χ0v) is 8.87. The molecule has 0 aliphatic heterocycles. The minimum Gasteiger partial charge on any atom is -0.207 e. The summed E-state index contributed by atoms with van der Waals surface area (Å²) < 4.78 is 13.1. The minimum atomic E-state index is -0.289. The molecule has 0 N–H and O–H groups in total. The third-order valence-corrected chi connectivity index (χ3v) is 2.43. The molecule has 0 unspecified atom stereocenters. The van der Waals surface area contributed by atoms with Crippen LogP contribution in [-0.4, -0.2) is 0 Å². The van der Waals surface area contributed by atoms with E-state index in [1.807, 2.05) is 19.1 Å². The molecule has 0 saturated heterocycles. The van der Waals surface area contributed by atoms with E-state index in [1.165, 1.54) is 12.1 Å². The third-order valence-electron chi connectivity index (χ3n) is 2.43. The maximum atomic E-state index is 13.1. The smallest absolute Gasteiger partial charge is 0.123 e. The highest BCUT2D eigenvalue weighted by Gasteiger charge is 2.05. The molecule has 0 fully saturated rings. The molecule has 0 bridgehead atoms. The lowest BCUT2D eigenvalue weighted by Gasteiger charge is -2.05. The molecule has 0 saturated carbocycles. The van der Waals surface area contributed by atoms with Crippen molar-refractivity contribution >= 4 is 0 Å². The van der Waals surface area contributed by atoms with E-state index in [2.05, 4.69) is 6.07 Å². The van der Waals surface area contributed by atoms with E-state index in [0.29, 0.717) is 5.56 Å². The second-order valence-corrected chi connectivity index (χ2v) is 3.67. The van der Waals surface area contributed by atoms with Gasteiger partial charge in [0.1, 0.15) is 5.82 Å². The summed E-state index contributed by atoms with van der Waals surface area (Å²) in [4.78, 5) is 0. The molecule has 0 aliphatic rings. The fraction of sp³-hybridized carbons (Fsp3) is 0.0714. The number of nitrogens with zero attached hydrogens (tertiary/aromatic N) is 1. The number of rotatable bonds is 1. The molecular formula is C14H10FN.